The first-order valence-corrected chi connectivity index (χ1v) is 9.33. The van der Waals surface area contributed by atoms with Crippen LogP contribution in [0.25, 0.3) is 0 Å². The molecule has 1 N–H and O–H groups in total. The van der Waals surface area contributed by atoms with Crippen molar-refractivity contribution < 1.29 is 8.42 Å². The van der Waals surface area contributed by atoms with Crippen molar-refractivity contribution in [3.63, 3.8) is 0 Å². The Balaban J connectivity index is 2.88. The third-order valence-corrected chi connectivity index (χ3v) is 6.58. The SMILES string of the molecule is CCNCC(CCS(=O)(=O)C(C)(C)C)c1ccccc1C. The number of nitrogens with one attached hydrogen (secondary N) is 1. The van der Waals surface area contributed by atoms with Crippen molar-refractivity contribution in [3.8, 4) is 0 Å². The van der Waals surface area contributed by atoms with Crippen molar-refractivity contribution in [2.24, 2.45) is 0 Å². The predicted molar refractivity (Wildman–Crippen MR) is 90.6 cm³/mol. The molecule has 0 aliphatic rings. The fourth-order valence-corrected chi connectivity index (χ4v) is 3.54. The summed E-state index contributed by atoms with van der Waals surface area (Å²) in [5.41, 5.74) is 2.48. The van der Waals surface area contributed by atoms with E-state index in [4.69, 9.17) is 0 Å². The molecular weight excluding hydrogens is 282 g/mol. The summed E-state index contributed by atoms with van der Waals surface area (Å²) in [6.45, 7) is 11.2. The van der Waals surface area contributed by atoms with Gasteiger partial charge in [-0.15, -0.1) is 0 Å². The van der Waals surface area contributed by atoms with Crippen LogP contribution >= 0.6 is 0 Å². The molecule has 0 heterocycles. The van der Waals surface area contributed by atoms with Gasteiger partial charge in [0, 0.05) is 6.54 Å². The van der Waals surface area contributed by atoms with Gasteiger partial charge >= 0.3 is 0 Å². The Hall–Kier alpha value is -0.870. The smallest absolute Gasteiger partial charge is 0.155 e. The Morgan fingerprint density at radius 1 is 1.19 bits per heavy atom. The van der Waals surface area contributed by atoms with E-state index in [2.05, 4.69) is 31.3 Å². The second kappa shape index (κ2) is 7.41. The van der Waals surface area contributed by atoms with Crippen LogP contribution in [0, 0.1) is 6.92 Å². The van der Waals surface area contributed by atoms with Gasteiger partial charge in [0.25, 0.3) is 0 Å². The molecule has 0 radical (unpaired) electrons. The Labute approximate surface area is 130 Å². The quantitative estimate of drug-likeness (QED) is 0.840. The van der Waals surface area contributed by atoms with E-state index >= 15 is 0 Å². The van der Waals surface area contributed by atoms with Crippen LogP contribution in [0.15, 0.2) is 24.3 Å². The molecule has 0 amide bonds. The van der Waals surface area contributed by atoms with Gasteiger partial charge in [-0.05, 0) is 57.7 Å². The van der Waals surface area contributed by atoms with Crippen LogP contribution in [0.1, 0.15) is 51.2 Å². The molecule has 0 saturated carbocycles. The van der Waals surface area contributed by atoms with Crippen LogP contribution in [-0.4, -0.2) is 32.0 Å². The van der Waals surface area contributed by atoms with Gasteiger partial charge in [-0.25, -0.2) is 8.42 Å². The summed E-state index contributed by atoms with van der Waals surface area (Å²) in [6.07, 6.45) is 0.664. The molecule has 0 aliphatic heterocycles. The first kappa shape index (κ1) is 18.2. The van der Waals surface area contributed by atoms with Crippen molar-refractivity contribution in [1.29, 1.82) is 0 Å². The van der Waals surface area contributed by atoms with Crippen LogP contribution in [-0.2, 0) is 9.84 Å². The van der Waals surface area contributed by atoms with Crippen molar-refractivity contribution in [2.75, 3.05) is 18.8 Å². The number of rotatable bonds is 7. The highest BCUT2D eigenvalue weighted by molar-refractivity contribution is 7.92. The summed E-state index contributed by atoms with van der Waals surface area (Å²) in [6, 6.07) is 8.25. The number of sulfone groups is 1. The van der Waals surface area contributed by atoms with Gasteiger partial charge in [0.15, 0.2) is 9.84 Å². The lowest BCUT2D eigenvalue weighted by Gasteiger charge is -2.23. The molecule has 4 heteroatoms. The summed E-state index contributed by atoms with van der Waals surface area (Å²) in [5, 5.41) is 3.35. The standard InChI is InChI=1S/C17H29NO2S/c1-6-18-13-15(16-10-8-7-9-14(16)2)11-12-21(19,20)17(3,4)5/h7-10,15,18H,6,11-13H2,1-5H3. The molecule has 21 heavy (non-hydrogen) atoms. The minimum Gasteiger partial charge on any atom is -0.316 e. The molecule has 0 aromatic heterocycles. The first-order valence-electron chi connectivity index (χ1n) is 7.67. The third kappa shape index (κ3) is 5.11. The fourth-order valence-electron chi connectivity index (χ4n) is 2.33. The van der Waals surface area contributed by atoms with E-state index in [1.165, 1.54) is 11.1 Å². The molecule has 0 aliphatic carbocycles. The monoisotopic (exact) mass is 311 g/mol. The molecule has 0 saturated heterocycles. The highest BCUT2D eigenvalue weighted by atomic mass is 32.2. The maximum Gasteiger partial charge on any atom is 0.155 e. The molecule has 1 unspecified atom stereocenters. The number of benzene rings is 1. The molecule has 1 aromatic carbocycles. The third-order valence-electron chi connectivity index (χ3n) is 3.94. The zero-order valence-electron chi connectivity index (χ0n) is 13.9. The summed E-state index contributed by atoms with van der Waals surface area (Å²) >= 11 is 0. The number of hydrogen-bond acceptors (Lipinski definition) is 3. The van der Waals surface area contributed by atoms with Gasteiger partial charge in [0.05, 0.1) is 10.5 Å². The zero-order chi connectivity index (χ0) is 16.1. The maximum absolute atomic E-state index is 12.3. The predicted octanol–water partition coefficient (Wildman–Crippen LogP) is 3.29. The molecule has 1 atom stereocenters. The Morgan fingerprint density at radius 2 is 1.81 bits per heavy atom. The summed E-state index contributed by atoms with van der Waals surface area (Å²) in [5.74, 6) is 0.476. The highest BCUT2D eigenvalue weighted by Gasteiger charge is 2.29. The molecule has 3 nitrogen and oxygen atoms in total. The van der Waals surface area contributed by atoms with Gasteiger partial charge < -0.3 is 5.32 Å². The highest BCUT2D eigenvalue weighted by Crippen LogP contribution is 2.25. The van der Waals surface area contributed by atoms with Crippen molar-refractivity contribution in [1.82, 2.24) is 5.32 Å². The molecular formula is C17H29NO2S. The van der Waals surface area contributed by atoms with E-state index < -0.39 is 14.6 Å². The maximum atomic E-state index is 12.3. The van der Waals surface area contributed by atoms with Crippen molar-refractivity contribution >= 4 is 9.84 Å². The summed E-state index contributed by atoms with van der Waals surface area (Å²) in [4.78, 5) is 0. The minimum absolute atomic E-state index is 0.237. The Morgan fingerprint density at radius 3 is 2.33 bits per heavy atom. The van der Waals surface area contributed by atoms with Gasteiger partial charge in [-0.2, -0.15) is 0 Å². The molecule has 0 bridgehead atoms. The molecule has 1 rings (SSSR count). The second-order valence-corrected chi connectivity index (χ2v) is 9.44. The first-order chi connectivity index (χ1) is 9.69. The van der Waals surface area contributed by atoms with Crippen molar-refractivity contribution in [3.05, 3.63) is 35.4 Å². The molecule has 0 spiro atoms. The molecule has 0 fully saturated rings. The lowest BCUT2D eigenvalue weighted by molar-refractivity contribution is 0.540. The van der Waals surface area contributed by atoms with Crippen LogP contribution in [0.5, 0.6) is 0 Å². The van der Waals surface area contributed by atoms with Crippen LogP contribution in [0.2, 0.25) is 0 Å². The van der Waals surface area contributed by atoms with E-state index in [1.807, 2.05) is 12.1 Å². The van der Waals surface area contributed by atoms with Crippen LogP contribution in [0.3, 0.4) is 0 Å². The second-order valence-electron chi connectivity index (χ2n) is 6.58. The minimum atomic E-state index is -3.07. The molecule has 1 aromatic rings. The summed E-state index contributed by atoms with van der Waals surface area (Å²) < 4.78 is 24.0. The average molecular weight is 311 g/mol. The Kier molecular flexibility index (Phi) is 6.41. The van der Waals surface area contributed by atoms with Crippen LogP contribution in [0.4, 0.5) is 0 Å². The van der Waals surface area contributed by atoms with Crippen LogP contribution < -0.4 is 5.32 Å². The lowest BCUT2D eigenvalue weighted by atomic mass is 9.92. The summed E-state index contributed by atoms with van der Waals surface area (Å²) in [7, 11) is -3.07. The zero-order valence-corrected chi connectivity index (χ0v) is 14.8. The normalized spacial score (nSPS) is 14.1. The van der Waals surface area contributed by atoms with E-state index in [-0.39, 0.29) is 11.7 Å². The Bertz CT molecular complexity index is 544. The van der Waals surface area contributed by atoms with Crippen molar-refractivity contribution in [2.45, 2.75) is 51.7 Å². The van der Waals surface area contributed by atoms with Gasteiger partial charge in [0.1, 0.15) is 0 Å². The van der Waals surface area contributed by atoms with Gasteiger partial charge in [-0.1, -0.05) is 31.2 Å². The number of aryl methyl sites for hydroxylation is 1. The van der Waals surface area contributed by atoms with E-state index in [9.17, 15) is 8.42 Å². The van der Waals surface area contributed by atoms with E-state index in [0.717, 1.165) is 13.1 Å². The lowest BCUT2D eigenvalue weighted by Crippen LogP contribution is -2.32. The fraction of sp³-hybridized carbons (Fsp3) is 0.647. The molecule has 120 valence electrons. The number of hydrogen-bond donors (Lipinski definition) is 1. The van der Waals surface area contributed by atoms with Gasteiger partial charge in [0.2, 0.25) is 0 Å². The van der Waals surface area contributed by atoms with E-state index in [1.54, 1.807) is 20.8 Å². The average Bonchev–Trinajstić information content (AvgIpc) is 2.39. The van der Waals surface area contributed by atoms with E-state index in [0.29, 0.717) is 6.42 Å². The number of likely N-dealkylation sites (N-methyl/N-ethyl adjacent to an activating group) is 1. The largest absolute Gasteiger partial charge is 0.316 e. The topological polar surface area (TPSA) is 46.2 Å². The van der Waals surface area contributed by atoms with Gasteiger partial charge in [-0.3, -0.25) is 0 Å².